The van der Waals surface area contributed by atoms with Gasteiger partial charge in [0.2, 0.25) is 0 Å². The van der Waals surface area contributed by atoms with Crippen LogP contribution >= 0.6 is 11.6 Å². The second kappa shape index (κ2) is 3.88. The molecule has 1 rings (SSSR count). The summed E-state index contributed by atoms with van der Waals surface area (Å²) in [4.78, 5) is 14.0. The van der Waals surface area contributed by atoms with Crippen LogP contribution in [0.4, 0.5) is 8.78 Å². The summed E-state index contributed by atoms with van der Waals surface area (Å²) in [6.45, 7) is 1.31. The maximum Gasteiger partial charge on any atom is 0.356 e. The highest BCUT2D eigenvalue weighted by atomic mass is 35.5. The van der Waals surface area contributed by atoms with Crippen molar-refractivity contribution in [2.75, 3.05) is 0 Å². The average molecular weight is 222 g/mol. The molecule has 6 heteroatoms. The van der Waals surface area contributed by atoms with Crippen molar-refractivity contribution in [2.45, 2.75) is 13.3 Å². The van der Waals surface area contributed by atoms with E-state index >= 15 is 0 Å². The number of hydrogen-bond acceptors (Lipinski definition) is 2. The van der Waals surface area contributed by atoms with Crippen LogP contribution in [0.15, 0.2) is 6.07 Å². The van der Waals surface area contributed by atoms with Gasteiger partial charge in [-0.25, -0.2) is 18.6 Å². The van der Waals surface area contributed by atoms with Gasteiger partial charge < -0.3 is 5.11 Å². The van der Waals surface area contributed by atoms with Gasteiger partial charge in [0.25, 0.3) is 6.43 Å². The first kappa shape index (κ1) is 10.8. The van der Waals surface area contributed by atoms with Crippen molar-refractivity contribution >= 4 is 17.6 Å². The normalized spacial score (nSPS) is 10.6. The zero-order valence-corrected chi connectivity index (χ0v) is 7.85. The number of carboxylic acids is 1. The highest BCUT2D eigenvalue weighted by Crippen LogP contribution is 2.26. The van der Waals surface area contributed by atoms with Gasteiger partial charge >= 0.3 is 5.97 Å². The Labute approximate surface area is 83.3 Å². The van der Waals surface area contributed by atoms with Crippen molar-refractivity contribution in [1.82, 2.24) is 4.98 Å². The Morgan fingerprint density at radius 3 is 2.64 bits per heavy atom. The quantitative estimate of drug-likeness (QED) is 0.835. The Hall–Kier alpha value is -1.23. The molecule has 14 heavy (non-hydrogen) atoms. The lowest BCUT2D eigenvalue weighted by Crippen LogP contribution is -2.05. The number of rotatable bonds is 2. The lowest BCUT2D eigenvalue weighted by Gasteiger charge is -2.06. The first-order valence-corrected chi connectivity index (χ1v) is 3.99. The molecule has 0 unspecified atom stereocenters. The monoisotopic (exact) mass is 221 g/mol. The Bertz CT molecular complexity index is 382. The Balaban J connectivity index is 3.31. The molecule has 0 spiro atoms. The number of aryl methyl sites for hydroxylation is 1. The molecule has 76 valence electrons. The number of pyridine rings is 1. The van der Waals surface area contributed by atoms with E-state index in [-0.39, 0.29) is 16.3 Å². The van der Waals surface area contributed by atoms with Crippen molar-refractivity contribution in [2.24, 2.45) is 0 Å². The lowest BCUT2D eigenvalue weighted by molar-refractivity contribution is 0.0689. The minimum absolute atomic E-state index is 0.0261. The van der Waals surface area contributed by atoms with Crippen LogP contribution in [-0.2, 0) is 0 Å². The SMILES string of the molecule is Cc1nc(C(=O)O)c(Cl)cc1C(F)F. The summed E-state index contributed by atoms with van der Waals surface area (Å²) in [5.41, 5.74) is -0.782. The third-order valence-electron chi connectivity index (χ3n) is 1.64. The van der Waals surface area contributed by atoms with E-state index in [1.54, 1.807) is 0 Å². The summed E-state index contributed by atoms with van der Waals surface area (Å²) >= 11 is 5.46. The van der Waals surface area contributed by atoms with Gasteiger partial charge in [0.05, 0.1) is 5.02 Å². The molecule has 0 fully saturated rings. The molecule has 0 aliphatic carbocycles. The number of aromatic carboxylic acids is 1. The molecule has 0 radical (unpaired) electrons. The summed E-state index contributed by atoms with van der Waals surface area (Å²) in [5.74, 6) is -1.33. The van der Waals surface area contributed by atoms with Crippen LogP contribution in [0.1, 0.15) is 28.2 Å². The fourth-order valence-electron chi connectivity index (χ4n) is 0.966. The molecule has 0 aromatic carbocycles. The lowest BCUT2D eigenvalue weighted by atomic mass is 10.2. The molecule has 0 saturated carbocycles. The van der Waals surface area contributed by atoms with Crippen molar-refractivity contribution < 1.29 is 18.7 Å². The van der Waals surface area contributed by atoms with Gasteiger partial charge in [0.15, 0.2) is 5.69 Å². The summed E-state index contributed by atoms with van der Waals surface area (Å²) in [5, 5.41) is 8.31. The van der Waals surface area contributed by atoms with Crippen molar-refractivity contribution in [1.29, 1.82) is 0 Å². The minimum Gasteiger partial charge on any atom is -0.476 e. The summed E-state index contributed by atoms with van der Waals surface area (Å²) in [7, 11) is 0. The smallest absolute Gasteiger partial charge is 0.356 e. The molecule has 1 N–H and O–H groups in total. The number of halogens is 3. The number of carbonyl (C=O) groups is 1. The average Bonchev–Trinajstić information content (AvgIpc) is 2.07. The molecule has 0 bridgehead atoms. The number of alkyl halides is 2. The summed E-state index contributed by atoms with van der Waals surface area (Å²) in [6, 6.07) is 0.929. The van der Waals surface area contributed by atoms with E-state index in [0.717, 1.165) is 6.07 Å². The predicted octanol–water partition coefficient (Wildman–Crippen LogP) is 2.68. The Kier molecular flexibility index (Phi) is 3.00. The van der Waals surface area contributed by atoms with Gasteiger partial charge in [-0.05, 0) is 13.0 Å². The van der Waals surface area contributed by atoms with Crippen LogP contribution in [0.25, 0.3) is 0 Å². The molecule has 0 amide bonds. The van der Waals surface area contributed by atoms with E-state index in [1.807, 2.05) is 0 Å². The van der Waals surface area contributed by atoms with E-state index in [2.05, 4.69) is 4.98 Å². The zero-order chi connectivity index (χ0) is 10.9. The second-order valence-electron chi connectivity index (χ2n) is 2.60. The molecule has 1 aromatic heterocycles. The summed E-state index contributed by atoms with van der Waals surface area (Å²) in [6.07, 6.45) is -2.71. The van der Waals surface area contributed by atoms with Gasteiger partial charge in [-0.15, -0.1) is 0 Å². The maximum absolute atomic E-state index is 12.3. The first-order valence-electron chi connectivity index (χ1n) is 3.62. The van der Waals surface area contributed by atoms with E-state index < -0.39 is 18.1 Å². The molecule has 0 aliphatic heterocycles. The molecular formula is C8H6ClF2NO2. The number of carboxylic acid groups (broad SMARTS) is 1. The van der Waals surface area contributed by atoms with E-state index in [1.165, 1.54) is 6.92 Å². The zero-order valence-electron chi connectivity index (χ0n) is 7.09. The fraction of sp³-hybridized carbons (Fsp3) is 0.250. The largest absolute Gasteiger partial charge is 0.476 e. The topological polar surface area (TPSA) is 50.2 Å². The second-order valence-corrected chi connectivity index (χ2v) is 3.01. The number of nitrogens with zero attached hydrogens (tertiary/aromatic N) is 1. The molecule has 0 atom stereocenters. The van der Waals surface area contributed by atoms with E-state index in [9.17, 15) is 13.6 Å². The Morgan fingerprint density at radius 2 is 2.21 bits per heavy atom. The first-order chi connectivity index (χ1) is 6.43. The van der Waals surface area contributed by atoms with E-state index in [4.69, 9.17) is 16.7 Å². The van der Waals surface area contributed by atoms with Crippen LogP contribution in [-0.4, -0.2) is 16.1 Å². The van der Waals surface area contributed by atoms with E-state index in [0.29, 0.717) is 0 Å². The van der Waals surface area contributed by atoms with Crippen LogP contribution in [0.2, 0.25) is 5.02 Å². The Morgan fingerprint density at radius 1 is 1.64 bits per heavy atom. The maximum atomic E-state index is 12.3. The minimum atomic E-state index is -2.71. The van der Waals surface area contributed by atoms with Gasteiger partial charge in [-0.3, -0.25) is 0 Å². The number of hydrogen-bond donors (Lipinski definition) is 1. The van der Waals surface area contributed by atoms with Crippen molar-refractivity contribution in [3.05, 3.63) is 28.0 Å². The van der Waals surface area contributed by atoms with Crippen LogP contribution < -0.4 is 0 Å². The molecule has 0 saturated heterocycles. The van der Waals surface area contributed by atoms with Crippen LogP contribution in [0, 0.1) is 6.92 Å². The third-order valence-corrected chi connectivity index (χ3v) is 1.93. The van der Waals surface area contributed by atoms with Crippen LogP contribution in [0.3, 0.4) is 0 Å². The highest BCUT2D eigenvalue weighted by molar-refractivity contribution is 6.33. The van der Waals surface area contributed by atoms with Gasteiger partial charge in [0.1, 0.15) is 0 Å². The van der Waals surface area contributed by atoms with Gasteiger partial charge in [-0.1, -0.05) is 11.6 Å². The van der Waals surface area contributed by atoms with Gasteiger partial charge in [-0.2, -0.15) is 0 Å². The highest BCUT2D eigenvalue weighted by Gasteiger charge is 2.18. The molecule has 3 nitrogen and oxygen atoms in total. The predicted molar refractivity (Wildman–Crippen MR) is 45.9 cm³/mol. The molecular weight excluding hydrogens is 216 g/mol. The number of aromatic nitrogens is 1. The van der Waals surface area contributed by atoms with Crippen molar-refractivity contribution in [3.8, 4) is 0 Å². The molecule has 1 aromatic rings. The fourth-order valence-corrected chi connectivity index (χ4v) is 1.21. The van der Waals surface area contributed by atoms with Gasteiger partial charge in [0, 0.05) is 11.3 Å². The summed E-state index contributed by atoms with van der Waals surface area (Å²) < 4.78 is 24.6. The molecule has 1 heterocycles. The molecule has 0 aliphatic rings. The van der Waals surface area contributed by atoms with Crippen LogP contribution in [0.5, 0.6) is 0 Å². The van der Waals surface area contributed by atoms with Crippen molar-refractivity contribution in [3.63, 3.8) is 0 Å². The standard InChI is InChI=1S/C8H6ClF2NO2/c1-3-4(7(10)11)2-5(9)6(12-3)8(13)14/h2,7H,1H3,(H,13,14). The third kappa shape index (κ3) is 1.98.